The van der Waals surface area contributed by atoms with Crippen LogP contribution in [0.15, 0.2) is 58.6 Å². The van der Waals surface area contributed by atoms with Gasteiger partial charge in [-0.25, -0.2) is 4.39 Å². The van der Waals surface area contributed by atoms with Gasteiger partial charge in [0.15, 0.2) is 5.16 Å². The van der Waals surface area contributed by atoms with E-state index in [9.17, 15) is 9.18 Å². The largest absolute Gasteiger partial charge is 0.467 e. The molecule has 0 aliphatic carbocycles. The molecular formula is C16H15FN4O2S. The molecule has 3 aromatic rings. The number of rotatable bonds is 6. The minimum atomic E-state index is -0.380. The summed E-state index contributed by atoms with van der Waals surface area (Å²) in [5.74, 6) is 0.267. The lowest BCUT2D eigenvalue weighted by molar-refractivity contribution is -0.119. The molecule has 0 aliphatic heterocycles. The van der Waals surface area contributed by atoms with Crippen LogP contribution in [0, 0.1) is 5.82 Å². The highest BCUT2D eigenvalue weighted by Gasteiger charge is 2.15. The first-order valence-corrected chi connectivity index (χ1v) is 8.24. The van der Waals surface area contributed by atoms with Crippen LogP contribution in [0.4, 0.5) is 4.39 Å². The van der Waals surface area contributed by atoms with Gasteiger partial charge in [-0.3, -0.25) is 9.36 Å². The topological polar surface area (TPSA) is 73.0 Å². The Morgan fingerprint density at radius 1 is 1.38 bits per heavy atom. The van der Waals surface area contributed by atoms with Crippen molar-refractivity contribution in [3.63, 3.8) is 0 Å². The lowest BCUT2D eigenvalue weighted by Gasteiger charge is -2.11. The van der Waals surface area contributed by atoms with E-state index in [1.54, 1.807) is 36.6 Å². The lowest BCUT2D eigenvalue weighted by atomic mass is 10.2. The molecule has 0 radical (unpaired) electrons. The number of carbonyl (C=O) groups is 1. The molecule has 1 N–H and O–H groups in total. The van der Waals surface area contributed by atoms with E-state index in [1.807, 2.05) is 6.92 Å². The summed E-state index contributed by atoms with van der Waals surface area (Å²) < 4.78 is 20.6. The fourth-order valence-electron chi connectivity index (χ4n) is 2.16. The van der Waals surface area contributed by atoms with Crippen molar-refractivity contribution in [2.45, 2.75) is 18.1 Å². The molecule has 2 aromatic heterocycles. The van der Waals surface area contributed by atoms with Crippen LogP contribution in [-0.2, 0) is 4.79 Å². The molecule has 1 amide bonds. The molecule has 0 saturated carbocycles. The minimum Gasteiger partial charge on any atom is -0.467 e. The van der Waals surface area contributed by atoms with Gasteiger partial charge in [0, 0.05) is 0 Å². The molecule has 24 heavy (non-hydrogen) atoms. The van der Waals surface area contributed by atoms with Crippen molar-refractivity contribution in [3.05, 3.63) is 60.6 Å². The molecule has 0 fully saturated rings. The molecular weight excluding hydrogens is 331 g/mol. The van der Waals surface area contributed by atoms with Crippen LogP contribution < -0.4 is 5.32 Å². The van der Waals surface area contributed by atoms with E-state index >= 15 is 0 Å². The summed E-state index contributed by atoms with van der Waals surface area (Å²) in [5.41, 5.74) is 0.342. The van der Waals surface area contributed by atoms with Crippen LogP contribution >= 0.6 is 11.8 Å². The molecule has 0 bridgehead atoms. The molecule has 8 heteroatoms. The monoisotopic (exact) mass is 346 g/mol. The fourth-order valence-corrected chi connectivity index (χ4v) is 2.89. The molecule has 0 aliphatic rings. The Morgan fingerprint density at radius 2 is 2.21 bits per heavy atom. The first kappa shape index (κ1) is 16.3. The molecule has 124 valence electrons. The zero-order valence-electron chi connectivity index (χ0n) is 12.8. The second kappa shape index (κ2) is 7.31. The summed E-state index contributed by atoms with van der Waals surface area (Å²) in [4.78, 5) is 12.1. The quantitative estimate of drug-likeness (QED) is 0.695. The van der Waals surface area contributed by atoms with E-state index in [4.69, 9.17) is 4.42 Å². The van der Waals surface area contributed by atoms with E-state index in [-0.39, 0.29) is 23.5 Å². The van der Waals surface area contributed by atoms with Crippen LogP contribution in [-0.4, -0.2) is 26.4 Å². The summed E-state index contributed by atoms with van der Waals surface area (Å²) >= 11 is 1.18. The predicted molar refractivity (Wildman–Crippen MR) is 87.3 cm³/mol. The van der Waals surface area contributed by atoms with E-state index in [0.29, 0.717) is 16.6 Å². The van der Waals surface area contributed by atoms with Gasteiger partial charge in [0.05, 0.1) is 23.7 Å². The Balaban J connectivity index is 1.63. The van der Waals surface area contributed by atoms with E-state index in [1.165, 1.54) is 28.7 Å². The smallest absolute Gasteiger partial charge is 0.231 e. The number of halogens is 1. The maximum Gasteiger partial charge on any atom is 0.231 e. The third-order valence-electron chi connectivity index (χ3n) is 3.31. The molecule has 1 atom stereocenters. The summed E-state index contributed by atoms with van der Waals surface area (Å²) in [6, 6.07) is 9.67. The summed E-state index contributed by atoms with van der Waals surface area (Å²) in [5, 5.41) is 11.0. The van der Waals surface area contributed by atoms with Gasteiger partial charge in [-0.05, 0) is 31.2 Å². The van der Waals surface area contributed by atoms with Crippen molar-refractivity contribution in [2.24, 2.45) is 0 Å². The van der Waals surface area contributed by atoms with Gasteiger partial charge in [0.1, 0.15) is 17.9 Å². The minimum absolute atomic E-state index is 0.137. The summed E-state index contributed by atoms with van der Waals surface area (Å²) in [6.07, 6.45) is 2.98. The van der Waals surface area contributed by atoms with Crippen LogP contribution in [0.5, 0.6) is 0 Å². The standard InChI is InChI=1S/C16H15FN4O2S/c1-11(14-7-4-8-23-14)19-15(22)9-24-16-20-18-10-21(16)13-6-3-2-5-12(13)17/h2-8,10-11H,9H2,1H3,(H,19,22)/t11-/m1/s1. The number of benzene rings is 1. The summed E-state index contributed by atoms with van der Waals surface area (Å²) in [7, 11) is 0. The molecule has 3 rings (SSSR count). The first-order valence-electron chi connectivity index (χ1n) is 7.25. The highest BCUT2D eigenvalue weighted by atomic mass is 32.2. The maximum absolute atomic E-state index is 13.9. The van der Waals surface area contributed by atoms with Crippen molar-refractivity contribution in [1.82, 2.24) is 20.1 Å². The van der Waals surface area contributed by atoms with Crippen molar-refractivity contribution >= 4 is 17.7 Å². The fraction of sp³-hybridized carbons (Fsp3) is 0.188. The van der Waals surface area contributed by atoms with Gasteiger partial charge >= 0.3 is 0 Å². The highest BCUT2D eigenvalue weighted by molar-refractivity contribution is 7.99. The highest BCUT2D eigenvalue weighted by Crippen LogP contribution is 2.21. The summed E-state index contributed by atoms with van der Waals surface area (Å²) in [6.45, 7) is 1.84. The number of thioether (sulfide) groups is 1. The van der Waals surface area contributed by atoms with Crippen molar-refractivity contribution in [3.8, 4) is 5.69 Å². The van der Waals surface area contributed by atoms with Crippen molar-refractivity contribution in [2.75, 3.05) is 5.75 Å². The SMILES string of the molecule is C[C@@H](NC(=O)CSc1nncn1-c1ccccc1F)c1ccco1. The van der Waals surface area contributed by atoms with Gasteiger partial charge in [0.25, 0.3) is 0 Å². The average Bonchev–Trinajstić information content (AvgIpc) is 3.25. The second-order valence-electron chi connectivity index (χ2n) is 5.03. The van der Waals surface area contributed by atoms with Gasteiger partial charge in [0.2, 0.25) is 5.91 Å². The van der Waals surface area contributed by atoms with Gasteiger partial charge in [-0.15, -0.1) is 10.2 Å². The molecule has 2 heterocycles. The van der Waals surface area contributed by atoms with Gasteiger partial charge in [-0.2, -0.15) is 0 Å². The van der Waals surface area contributed by atoms with Crippen LogP contribution in [0.2, 0.25) is 0 Å². The molecule has 1 aromatic carbocycles. The van der Waals surface area contributed by atoms with Crippen LogP contribution in [0.3, 0.4) is 0 Å². The van der Waals surface area contributed by atoms with E-state index in [2.05, 4.69) is 15.5 Å². The normalized spacial score (nSPS) is 12.1. The first-order chi connectivity index (χ1) is 11.6. The van der Waals surface area contributed by atoms with Crippen LogP contribution in [0.25, 0.3) is 5.69 Å². The average molecular weight is 346 g/mol. The third kappa shape index (κ3) is 3.65. The Kier molecular flexibility index (Phi) is 4.95. The number of hydrogen-bond acceptors (Lipinski definition) is 5. The molecule has 0 unspecified atom stereocenters. The Morgan fingerprint density at radius 3 is 2.96 bits per heavy atom. The molecule has 0 spiro atoms. The number of amides is 1. The van der Waals surface area contributed by atoms with Crippen molar-refractivity contribution in [1.29, 1.82) is 0 Å². The third-order valence-corrected chi connectivity index (χ3v) is 4.25. The van der Waals surface area contributed by atoms with E-state index in [0.717, 1.165) is 0 Å². The number of nitrogens with zero attached hydrogens (tertiary/aromatic N) is 3. The Labute approximate surface area is 142 Å². The molecule has 0 saturated heterocycles. The zero-order chi connectivity index (χ0) is 16.9. The Bertz CT molecular complexity index is 819. The number of hydrogen-bond donors (Lipinski definition) is 1. The number of furan rings is 1. The van der Waals surface area contributed by atoms with Gasteiger partial charge in [-0.1, -0.05) is 23.9 Å². The van der Waals surface area contributed by atoms with Crippen molar-refractivity contribution < 1.29 is 13.6 Å². The predicted octanol–water partition coefficient (Wildman–Crippen LogP) is 2.97. The zero-order valence-corrected chi connectivity index (χ0v) is 13.7. The number of para-hydroxylation sites is 1. The number of nitrogens with one attached hydrogen (secondary N) is 1. The Hall–Kier alpha value is -2.61. The van der Waals surface area contributed by atoms with Crippen LogP contribution in [0.1, 0.15) is 18.7 Å². The molecule has 6 nitrogen and oxygen atoms in total. The van der Waals surface area contributed by atoms with E-state index < -0.39 is 0 Å². The number of carbonyl (C=O) groups excluding carboxylic acids is 1. The number of aromatic nitrogens is 3. The lowest BCUT2D eigenvalue weighted by Crippen LogP contribution is -2.28. The maximum atomic E-state index is 13.9. The van der Waals surface area contributed by atoms with Gasteiger partial charge < -0.3 is 9.73 Å². The second-order valence-corrected chi connectivity index (χ2v) is 5.97.